The highest BCUT2D eigenvalue weighted by molar-refractivity contribution is 6.12. The van der Waals surface area contributed by atoms with E-state index in [1.165, 1.54) is 11.1 Å². The normalized spacial score (nSPS) is 16.6. The van der Waals surface area contributed by atoms with Gasteiger partial charge in [0.05, 0.1) is 36.8 Å². The molecule has 0 N–H and O–H groups in total. The number of urea groups is 1. The van der Waals surface area contributed by atoms with Crippen molar-refractivity contribution >= 4 is 33.9 Å². The van der Waals surface area contributed by atoms with Crippen molar-refractivity contribution in [2.45, 2.75) is 12.2 Å². The van der Waals surface area contributed by atoms with Crippen LogP contribution in [0, 0.1) is 17.9 Å². The molecule has 1 saturated heterocycles. The minimum absolute atomic E-state index is 0.0843. The quantitative estimate of drug-likeness (QED) is 0.584. The van der Waals surface area contributed by atoms with E-state index in [0.29, 0.717) is 17.1 Å². The zero-order valence-corrected chi connectivity index (χ0v) is 15.1. The number of alkyl halides is 3. The Labute approximate surface area is 168 Å². The molecule has 0 spiro atoms. The number of benzene rings is 1. The highest BCUT2D eigenvalue weighted by Gasteiger charge is 2.41. The number of carbonyl (C=O) groups is 1. The summed E-state index contributed by atoms with van der Waals surface area (Å²) in [5.74, 6) is 0. The third kappa shape index (κ3) is 3.05. The molecule has 0 radical (unpaired) electrons. The Morgan fingerprint density at radius 1 is 1.20 bits per heavy atom. The number of amides is 2. The van der Waals surface area contributed by atoms with Crippen LogP contribution in [0.2, 0.25) is 0 Å². The molecule has 1 aliphatic heterocycles. The van der Waals surface area contributed by atoms with Gasteiger partial charge in [0.2, 0.25) is 5.69 Å². The molecule has 1 atom stereocenters. The number of nitriles is 1. The maximum atomic E-state index is 13.2. The number of halogens is 3. The van der Waals surface area contributed by atoms with Crippen LogP contribution in [0.5, 0.6) is 0 Å². The van der Waals surface area contributed by atoms with E-state index in [-0.39, 0.29) is 17.9 Å². The number of hydrogen-bond acceptors (Lipinski definition) is 4. The van der Waals surface area contributed by atoms with E-state index in [1.807, 2.05) is 18.2 Å². The number of aromatic nitrogens is 2. The first-order valence-electron chi connectivity index (χ1n) is 8.63. The van der Waals surface area contributed by atoms with Gasteiger partial charge in [0, 0.05) is 23.2 Å². The van der Waals surface area contributed by atoms with Gasteiger partial charge in [-0.05, 0) is 6.07 Å². The summed E-state index contributed by atoms with van der Waals surface area (Å²) in [7, 11) is 0. The fourth-order valence-corrected chi connectivity index (χ4v) is 3.35. The molecule has 10 heteroatoms. The second-order valence-corrected chi connectivity index (χ2v) is 6.46. The standard InChI is InChI=1S/C20H11F3N6O/c1-25-15-6-18(20(21,22)23)27-10-17(15)28-11-13(7-24)29(19(28)30)16-9-26-8-12-4-2-3-5-14(12)16/h2-6,8-10,13H,11H2. The van der Waals surface area contributed by atoms with Gasteiger partial charge in [-0.15, -0.1) is 0 Å². The van der Waals surface area contributed by atoms with Gasteiger partial charge in [0.1, 0.15) is 11.7 Å². The molecule has 1 unspecified atom stereocenters. The molecule has 1 fully saturated rings. The molecule has 2 amide bonds. The minimum atomic E-state index is -4.72. The molecule has 1 aliphatic rings. The summed E-state index contributed by atoms with van der Waals surface area (Å²) >= 11 is 0. The Kier molecular flexibility index (Phi) is 4.47. The van der Waals surface area contributed by atoms with Crippen LogP contribution in [0.25, 0.3) is 15.6 Å². The monoisotopic (exact) mass is 408 g/mol. The lowest BCUT2D eigenvalue weighted by Crippen LogP contribution is -2.34. The number of anilines is 2. The van der Waals surface area contributed by atoms with E-state index in [4.69, 9.17) is 6.57 Å². The van der Waals surface area contributed by atoms with Crippen LogP contribution in [-0.2, 0) is 6.18 Å². The van der Waals surface area contributed by atoms with Crippen molar-refractivity contribution in [1.82, 2.24) is 9.97 Å². The molecular formula is C20H11F3N6O. The van der Waals surface area contributed by atoms with Crippen molar-refractivity contribution in [3.05, 3.63) is 66.0 Å². The number of hydrogen-bond donors (Lipinski definition) is 0. The van der Waals surface area contributed by atoms with Crippen molar-refractivity contribution in [2.24, 2.45) is 0 Å². The fraction of sp³-hybridized carbons (Fsp3) is 0.150. The second kappa shape index (κ2) is 7.01. The third-order valence-electron chi connectivity index (χ3n) is 4.72. The molecule has 3 aromatic rings. The number of fused-ring (bicyclic) bond motifs is 1. The molecule has 2 aromatic heterocycles. The number of nitrogens with zero attached hydrogens (tertiary/aromatic N) is 6. The van der Waals surface area contributed by atoms with E-state index in [1.54, 1.807) is 18.3 Å². The largest absolute Gasteiger partial charge is 0.432 e. The van der Waals surface area contributed by atoms with Crippen LogP contribution >= 0.6 is 0 Å². The Bertz CT molecular complexity index is 1240. The lowest BCUT2D eigenvalue weighted by atomic mass is 10.1. The van der Waals surface area contributed by atoms with E-state index < -0.39 is 23.9 Å². The molecule has 4 rings (SSSR count). The number of pyridine rings is 2. The predicted molar refractivity (Wildman–Crippen MR) is 102 cm³/mol. The fourth-order valence-electron chi connectivity index (χ4n) is 3.35. The molecule has 7 nitrogen and oxygen atoms in total. The molecule has 148 valence electrons. The summed E-state index contributed by atoms with van der Waals surface area (Å²) < 4.78 is 38.8. The molecule has 1 aromatic carbocycles. The van der Waals surface area contributed by atoms with E-state index in [2.05, 4.69) is 14.8 Å². The van der Waals surface area contributed by atoms with Crippen LogP contribution in [0.3, 0.4) is 0 Å². The molecule has 0 saturated carbocycles. The van der Waals surface area contributed by atoms with Crippen LogP contribution in [0.4, 0.5) is 35.0 Å². The summed E-state index contributed by atoms with van der Waals surface area (Å²) in [5.41, 5.74) is -1.29. The summed E-state index contributed by atoms with van der Waals surface area (Å²) in [4.78, 5) is 26.1. The smallest absolute Gasteiger partial charge is 0.299 e. The Balaban J connectivity index is 1.80. The average Bonchev–Trinajstić information content (AvgIpc) is 3.08. The molecule has 30 heavy (non-hydrogen) atoms. The van der Waals surface area contributed by atoms with Crippen LogP contribution in [0.15, 0.2) is 48.9 Å². The van der Waals surface area contributed by atoms with Gasteiger partial charge in [-0.25, -0.2) is 9.64 Å². The van der Waals surface area contributed by atoms with Gasteiger partial charge < -0.3 is 0 Å². The third-order valence-corrected chi connectivity index (χ3v) is 4.72. The molecule has 3 heterocycles. The van der Waals surface area contributed by atoms with Gasteiger partial charge in [0.25, 0.3) is 0 Å². The average molecular weight is 408 g/mol. The van der Waals surface area contributed by atoms with Crippen molar-refractivity contribution in [3.8, 4) is 6.07 Å². The highest BCUT2D eigenvalue weighted by atomic mass is 19.4. The molecule has 0 bridgehead atoms. The first-order valence-corrected chi connectivity index (χ1v) is 8.63. The zero-order chi connectivity index (χ0) is 21.5. The van der Waals surface area contributed by atoms with Gasteiger partial charge in [-0.2, -0.15) is 18.4 Å². The highest BCUT2D eigenvalue weighted by Crippen LogP contribution is 2.39. The van der Waals surface area contributed by atoms with Gasteiger partial charge in [-0.1, -0.05) is 24.3 Å². The summed E-state index contributed by atoms with van der Waals surface area (Å²) in [6, 6.07) is 8.24. The van der Waals surface area contributed by atoms with Gasteiger partial charge >= 0.3 is 12.2 Å². The summed E-state index contributed by atoms with van der Waals surface area (Å²) in [6.07, 6.45) is -0.805. The Hall–Kier alpha value is -4.18. The Morgan fingerprint density at radius 2 is 1.97 bits per heavy atom. The minimum Gasteiger partial charge on any atom is -0.299 e. The maximum Gasteiger partial charge on any atom is 0.432 e. The molecular weight excluding hydrogens is 397 g/mol. The van der Waals surface area contributed by atoms with Crippen LogP contribution in [-0.4, -0.2) is 28.6 Å². The van der Waals surface area contributed by atoms with Crippen LogP contribution in [0.1, 0.15) is 5.69 Å². The van der Waals surface area contributed by atoms with Crippen molar-refractivity contribution in [3.63, 3.8) is 0 Å². The van der Waals surface area contributed by atoms with Crippen LogP contribution < -0.4 is 9.80 Å². The maximum absolute atomic E-state index is 13.2. The topological polar surface area (TPSA) is 77.5 Å². The van der Waals surface area contributed by atoms with Gasteiger partial charge in [-0.3, -0.25) is 19.8 Å². The number of rotatable bonds is 2. The van der Waals surface area contributed by atoms with Crippen molar-refractivity contribution in [2.75, 3.05) is 16.3 Å². The van der Waals surface area contributed by atoms with Gasteiger partial charge in [0.15, 0.2) is 0 Å². The Morgan fingerprint density at radius 3 is 2.67 bits per heavy atom. The first-order chi connectivity index (χ1) is 14.3. The summed E-state index contributed by atoms with van der Waals surface area (Å²) in [6.45, 7) is 7.11. The molecule has 0 aliphatic carbocycles. The van der Waals surface area contributed by atoms with E-state index in [9.17, 15) is 23.2 Å². The lowest BCUT2D eigenvalue weighted by molar-refractivity contribution is -0.141. The van der Waals surface area contributed by atoms with E-state index in [0.717, 1.165) is 16.5 Å². The predicted octanol–water partition coefficient (Wildman–Crippen LogP) is 4.54. The SMILES string of the molecule is [C-]#[N+]c1cc(C(F)(F)F)ncc1N1CC(C#N)N(c2cncc3ccccc23)C1=O. The number of carbonyl (C=O) groups excluding carboxylic acids is 1. The van der Waals surface area contributed by atoms with Crippen molar-refractivity contribution < 1.29 is 18.0 Å². The second-order valence-electron chi connectivity index (χ2n) is 6.46. The summed E-state index contributed by atoms with van der Waals surface area (Å²) in [5, 5.41) is 11.1. The first kappa shape index (κ1) is 19.2. The lowest BCUT2D eigenvalue weighted by Gasteiger charge is -2.21. The van der Waals surface area contributed by atoms with Crippen molar-refractivity contribution in [1.29, 1.82) is 5.26 Å². The zero-order valence-electron chi connectivity index (χ0n) is 15.1. The van der Waals surface area contributed by atoms with E-state index >= 15 is 0 Å².